The van der Waals surface area contributed by atoms with Gasteiger partial charge in [-0.25, -0.2) is 19.7 Å². The number of ether oxygens (including phenoxy) is 3. The Bertz CT molecular complexity index is 1580. The van der Waals surface area contributed by atoms with Crippen LogP contribution in [0.15, 0.2) is 67.0 Å². The van der Waals surface area contributed by atoms with Crippen LogP contribution in [0.3, 0.4) is 0 Å². The molecule has 1 fully saturated rings. The lowest BCUT2D eigenvalue weighted by Gasteiger charge is -2.19. The molecule has 200 valence electrons. The van der Waals surface area contributed by atoms with Crippen molar-refractivity contribution in [3.05, 3.63) is 72.6 Å². The standard InChI is InChI=1S/C27H21F3N4O5/c1-3-16-11-18(7-10-23(16)38-25-21-9-8-19(37-2)13-22(21)31-15-32-25)34-24(35)14-33(26(34)36)17-5-4-6-20(12-17)39-27(28,29)30/h4-13,15H,3,14H2,1-2H3. The molecule has 1 aliphatic heterocycles. The fraction of sp³-hybridized carbons (Fsp3) is 0.185. The van der Waals surface area contributed by atoms with Gasteiger partial charge in [-0.15, -0.1) is 13.2 Å². The van der Waals surface area contributed by atoms with Crippen molar-refractivity contribution in [2.24, 2.45) is 0 Å². The number of benzene rings is 3. The summed E-state index contributed by atoms with van der Waals surface area (Å²) in [6, 6.07) is 14.4. The highest BCUT2D eigenvalue weighted by atomic mass is 19.4. The van der Waals surface area contributed by atoms with E-state index in [1.54, 1.807) is 43.5 Å². The Morgan fingerprint density at radius 2 is 1.77 bits per heavy atom. The predicted molar refractivity (Wildman–Crippen MR) is 135 cm³/mol. The van der Waals surface area contributed by atoms with Crippen molar-refractivity contribution in [2.75, 3.05) is 23.5 Å². The highest BCUT2D eigenvalue weighted by Gasteiger charge is 2.39. The minimum absolute atomic E-state index is 0.0977. The van der Waals surface area contributed by atoms with Crippen molar-refractivity contribution in [2.45, 2.75) is 19.7 Å². The smallest absolute Gasteiger partial charge is 0.497 e. The van der Waals surface area contributed by atoms with Crippen LogP contribution in [0.2, 0.25) is 0 Å². The van der Waals surface area contributed by atoms with Gasteiger partial charge in [0, 0.05) is 17.8 Å². The highest BCUT2D eigenvalue weighted by Crippen LogP contribution is 2.35. The zero-order valence-electron chi connectivity index (χ0n) is 20.7. The summed E-state index contributed by atoms with van der Waals surface area (Å²) < 4.78 is 53.2. The first-order valence-electron chi connectivity index (χ1n) is 11.8. The minimum atomic E-state index is -4.89. The molecule has 0 bridgehead atoms. The number of carbonyl (C=O) groups is 2. The molecule has 0 N–H and O–H groups in total. The number of rotatable bonds is 7. The molecule has 3 aromatic carbocycles. The molecule has 4 aromatic rings. The van der Waals surface area contributed by atoms with Crippen LogP contribution < -0.4 is 24.0 Å². The summed E-state index contributed by atoms with van der Waals surface area (Å²) in [5.41, 5.74) is 1.73. The fourth-order valence-corrected chi connectivity index (χ4v) is 4.21. The van der Waals surface area contributed by atoms with Crippen molar-refractivity contribution < 1.29 is 37.0 Å². The number of hydrogen-bond donors (Lipinski definition) is 0. The maximum Gasteiger partial charge on any atom is 0.573 e. The van der Waals surface area contributed by atoms with E-state index in [2.05, 4.69) is 14.7 Å². The van der Waals surface area contributed by atoms with Gasteiger partial charge < -0.3 is 14.2 Å². The maximum atomic E-state index is 13.2. The topological polar surface area (TPSA) is 94.1 Å². The van der Waals surface area contributed by atoms with Gasteiger partial charge in [0.2, 0.25) is 5.88 Å². The Kier molecular flexibility index (Phi) is 6.69. The number of amides is 3. The first-order valence-corrected chi connectivity index (χ1v) is 11.8. The van der Waals surface area contributed by atoms with E-state index >= 15 is 0 Å². The van der Waals surface area contributed by atoms with Crippen molar-refractivity contribution in [1.29, 1.82) is 0 Å². The van der Waals surface area contributed by atoms with Crippen LogP contribution in [0.25, 0.3) is 10.9 Å². The number of aryl methyl sites for hydroxylation is 1. The number of aromatic nitrogens is 2. The van der Waals surface area contributed by atoms with E-state index in [0.29, 0.717) is 46.0 Å². The molecule has 0 unspecified atom stereocenters. The van der Waals surface area contributed by atoms with Crippen LogP contribution in [0.1, 0.15) is 12.5 Å². The number of hydrogen-bond acceptors (Lipinski definition) is 7. The van der Waals surface area contributed by atoms with Gasteiger partial charge in [0.15, 0.2) is 0 Å². The largest absolute Gasteiger partial charge is 0.573 e. The third-order valence-corrected chi connectivity index (χ3v) is 6.02. The van der Waals surface area contributed by atoms with E-state index in [9.17, 15) is 22.8 Å². The van der Waals surface area contributed by atoms with Crippen LogP contribution in [0, 0.1) is 0 Å². The number of alkyl halides is 3. The molecular formula is C27H21F3N4O5. The molecule has 12 heteroatoms. The van der Waals surface area contributed by atoms with Gasteiger partial charge in [-0.1, -0.05) is 13.0 Å². The van der Waals surface area contributed by atoms with Gasteiger partial charge in [-0.05, 0) is 54.4 Å². The number of nitrogens with zero attached hydrogens (tertiary/aromatic N) is 4. The number of anilines is 2. The van der Waals surface area contributed by atoms with E-state index in [4.69, 9.17) is 9.47 Å². The number of fused-ring (bicyclic) bond motifs is 1. The first-order chi connectivity index (χ1) is 18.7. The SMILES string of the molecule is CCc1cc(N2C(=O)CN(c3cccc(OC(F)(F)F)c3)C2=O)ccc1Oc1ncnc2cc(OC)ccc12. The molecule has 0 radical (unpaired) electrons. The lowest BCUT2D eigenvalue weighted by Crippen LogP contribution is -2.33. The summed E-state index contributed by atoms with van der Waals surface area (Å²) in [5.74, 6) is 0.410. The van der Waals surface area contributed by atoms with Crippen molar-refractivity contribution in [3.63, 3.8) is 0 Å². The van der Waals surface area contributed by atoms with Gasteiger partial charge in [0.1, 0.15) is 30.1 Å². The second kappa shape index (κ2) is 10.1. The monoisotopic (exact) mass is 538 g/mol. The average molecular weight is 538 g/mol. The quantitative estimate of drug-likeness (QED) is 0.272. The minimum Gasteiger partial charge on any atom is -0.497 e. The molecule has 39 heavy (non-hydrogen) atoms. The van der Waals surface area contributed by atoms with Crippen molar-refractivity contribution >= 4 is 34.2 Å². The van der Waals surface area contributed by atoms with E-state index in [-0.39, 0.29) is 12.2 Å². The predicted octanol–water partition coefficient (Wildman–Crippen LogP) is 5.86. The second-order valence-corrected chi connectivity index (χ2v) is 8.45. The van der Waals surface area contributed by atoms with E-state index < -0.39 is 24.1 Å². The lowest BCUT2D eigenvalue weighted by atomic mass is 10.1. The molecule has 5 rings (SSSR count). The van der Waals surface area contributed by atoms with Crippen LogP contribution in [-0.2, 0) is 11.2 Å². The number of halogens is 3. The third-order valence-electron chi connectivity index (χ3n) is 6.02. The number of urea groups is 1. The Morgan fingerprint density at radius 3 is 2.51 bits per heavy atom. The molecule has 2 heterocycles. The molecule has 0 saturated carbocycles. The summed E-state index contributed by atoms with van der Waals surface area (Å²) in [6.45, 7) is 1.55. The van der Waals surface area contributed by atoms with Gasteiger partial charge in [-0.2, -0.15) is 0 Å². The van der Waals surface area contributed by atoms with Crippen molar-refractivity contribution in [3.8, 4) is 23.1 Å². The molecule has 1 aliphatic rings. The van der Waals surface area contributed by atoms with Gasteiger partial charge >= 0.3 is 12.4 Å². The normalized spacial score (nSPS) is 13.8. The average Bonchev–Trinajstić information content (AvgIpc) is 3.21. The van der Waals surface area contributed by atoms with E-state index in [1.165, 1.54) is 18.5 Å². The fourth-order valence-electron chi connectivity index (χ4n) is 4.21. The molecule has 9 nitrogen and oxygen atoms in total. The van der Waals surface area contributed by atoms with Crippen molar-refractivity contribution in [1.82, 2.24) is 9.97 Å². The van der Waals surface area contributed by atoms with E-state index in [0.717, 1.165) is 21.9 Å². The number of carbonyl (C=O) groups excluding carboxylic acids is 2. The van der Waals surface area contributed by atoms with E-state index in [1.807, 2.05) is 6.92 Å². The molecule has 0 spiro atoms. The second-order valence-electron chi connectivity index (χ2n) is 8.45. The summed E-state index contributed by atoms with van der Waals surface area (Å²) in [7, 11) is 1.56. The van der Waals surface area contributed by atoms with Crippen LogP contribution >= 0.6 is 0 Å². The lowest BCUT2D eigenvalue weighted by molar-refractivity contribution is -0.274. The van der Waals surface area contributed by atoms with Crippen LogP contribution in [0.4, 0.5) is 29.3 Å². The van der Waals surface area contributed by atoms with Gasteiger partial charge in [0.25, 0.3) is 5.91 Å². The Balaban J connectivity index is 1.41. The maximum absolute atomic E-state index is 13.2. The molecule has 1 aromatic heterocycles. The van der Waals surface area contributed by atoms with Crippen LogP contribution in [0.5, 0.6) is 23.1 Å². The summed E-state index contributed by atoms with van der Waals surface area (Å²) in [6.07, 6.45) is -3.00. The first kappa shape index (κ1) is 25.8. The Morgan fingerprint density at radius 1 is 0.949 bits per heavy atom. The Hall–Kier alpha value is -4.87. The van der Waals surface area contributed by atoms with Gasteiger partial charge in [-0.3, -0.25) is 9.69 Å². The molecule has 3 amide bonds. The zero-order chi connectivity index (χ0) is 27.7. The Labute approximate surface area is 220 Å². The number of imide groups is 1. The summed E-state index contributed by atoms with van der Waals surface area (Å²) in [4.78, 5) is 36.6. The van der Waals surface area contributed by atoms with Gasteiger partial charge in [0.05, 0.1) is 23.7 Å². The molecular weight excluding hydrogens is 517 g/mol. The molecule has 0 atom stereocenters. The molecule has 0 aliphatic carbocycles. The summed E-state index contributed by atoms with van der Waals surface area (Å²) >= 11 is 0. The van der Waals surface area contributed by atoms with Crippen LogP contribution in [-0.4, -0.2) is 41.9 Å². The highest BCUT2D eigenvalue weighted by molar-refractivity contribution is 6.27. The third kappa shape index (κ3) is 5.26. The zero-order valence-corrected chi connectivity index (χ0v) is 20.7. The summed E-state index contributed by atoms with van der Waals surface area (Å²) in [5, 5.41) is 0.668. The molecule has 1 saturated heterocycles. The number of methoxy groups -OCH3 is 1.